The predicted molar refractivity (Wildman–Crippen MR) is 81.6 cm³/mol. The van der Waals surface area contributed by atoms with E-state index in [-0.39, 0.29) is 6.04 Å². The summed E-state index contributed by atoms with van der Waals surface area (Å²) in [6.45, 7) is 2.16. The molecule has 1 aliphatic carbocycles. The van der Waals surface area contributed by atoms with Crippen LogP contribution in [0.1, 0.15) is 12.5 Å². The van der Waals surface area contributed by atoms with Gasteiger partial charge in [-0.15, -0.1) is 0 Å². The highest BCUT2D eigenvalue weighted by Gasteiger charge is 2.17. The Bertz CT molecular complexity index is 613. The fourth-order valence-corrected chi connectivity index (χ4v) is 2.23. The lowest BCUT2D eigenvalue weighted by Gasteiger charge is -2.07. The third-order valence-corrected chi connectivity index (χ3v) is 3.40. The maximum Gasteiger partial charge on any atom is 0.0940 e. The quantitative estimate of drug-likeness (QED) is 0.726. The molecule has 1 atom stereocenters. The minimum Gasteiger partial charge on any atom is -0.280 e. The molecular weight excluding hydrogens is 232 g/mol. The average Bonchev–Trinajstić information content (AvgIpc) is 2.89. The van der Waals surface area contributed by atoms with Crippen LogP contribution >= 0.6 is 0 Å². The van der Waals surface area contributed by atoms with Crippen LogP contribution in [0.5, 0.6) is 0 Å². The molecule has 19 heavy (non-hydrogen) atoms. The van der Waals surface area contributed by atoms with Crippen molar-refractivity contribution in [3.05, 3.63) is 65.3 Å². The van der Waals surface area contributed by atoms with E-state index in [0.29, 0.717) is 0 Å². The molecule has 2 aliphatic rings. The second-order valence-electron chi connectivity index (χ2n) is 4.66. The Morgan fingerprint density at radius 3 is 2.84 bits per heavy atom. The standard InChI is InChI=1S/C17H16N2/c1-2-13-7-9-15(10-8-13)18-11-14-12-19-17-6-4-3-5-16(14)17/h3-12,17H,2H2,1H3. The highest BCUT2D eigenvalue weighted by Crippen LogP contribution is 2.23. The van der Waals surface area contributed by atoms with E-state index in [4.69, 9.17) is 0 Å². The zero-order valence-corrected chi connectivity index (χ0v) is 11.0. The number of allylic oxidation sites excluding steroid dienone is 3. The molecule has 1 aromatic rings. The van der Waals surface area contributed by atoms with Crippen LogP contribution in [0.25, 0.3) is 0 Å². The Morgan fingerprint density at radius 2 is 2.05 bits per heavy atom. The molecule has 0 radical (unpaired) electrons. The number of fused-ring (bicyclic) bond motifs is 1. The van der Waals surface area contributed by atoms with E-state index in [2.05, 4.69) is 53.3 Å². The van der Waals surface area contributed by atoms with Gasteiger partial charge in [0.2, 0.25) is 0 Å². The normalized spacial score (nSPS) is 20.6. The largest absolute Gasteiger partial charge is 0.280 e. The number of rotatable bonds is 3. The predicted octanol–water partition coefficient (Wildman–Crippen LogP) is 3.83. The topological polar surface area (TPSA) is 24.7 Å². The zero-order valence-electron chi connectivity index (χ0n) is 11.0. The van der Waals surface area contributed by atoms with Crippen molar-refractivity contribution in [3.8, 4) is 0 Å². The maximum absolute atomic E-state index is 4.52. The van der Waals surface area contributed by atoms with Gasteiger partial charge in [0.05, 0.1) is 11.7 Å². The van der Waals surface area contributed by atoms with E-state index in [0.717, 1.165) is 17.7 Å². The molecule has 0 saturated carbocycles. The van der Waals surface area contributed by atoms with Crippen molar-refractivity contribution in [3.63, 3.8) is 0 Å². The molecule has 0 aromatic heterocycles. The van der Waals surface area contributed by atoms with Crippen LogP contribution in [0.15, 0.2) is 69.7 Å². The zero-order chi connectivity index (χ0) is 13.1. The van der Waals surface area contributed by atoms with Gasteiger partial charge in [-0.2, -0.15) is 0 Å². The third kappa shape index (κ3) is 2.48. The maximum atomic E-state index is 4.52. The van der Waals surface area contributed by atoms with Gasteiger partial charge in [0.1, 0.15) is 0 Å². The highest BCUT2D eigenvalue weighted by molar-refractivity contribution is 6.08. The molecule has 0 spiro atoms. The molecule has 3 rings (SSSR count). The average molecular weight is 248 g/mol. The van der Waals surface area contributed by atoms with Crippen LogP contribution < -0.4 is 0 Å². The Balaban J connectivity index is 1.81. The smallest absolute Gasteiger partial charge is 0.0940 e. The first-order chi connectivity index (χ1) is 9.36. The van der Waals surface area contributed by atoms with Crippen molar-refractivity contribution < 1.29 is 0 Å². The Morgan fingerprint density at radius 1 is 1.21 bits per heavy atom. The minimum atomic E-state index is 0.189. The number of nitrogens with zero attached hydrogens (tertiary/aromatic N) is 2. The Labute approximate surface area is 113 Å². The van der Waals surface area contributed by atoms with Gasteiger partial charge in [-0.1, -0.05) is 43.4 Å². The summed E-state index contributed by atoms with van der Waals surface area (Å²) in [5, 5.41) is 0. The first-order valence-electron chi connectivity index (χ1n) is 6.62. The van der Waals surface area contributed by atoms with Crippen LogP contribution in [0, 0.1) is 0 Å². The molecule has 2 heteroatoms. The van der Waals surface area contributed by atoms with Crippen LogP contribution in [-0.4, -0.2) is 18.5 Å². The van der Waals surface area contributed by atoms with Gasteiger partial charge >= 0.3 is 0 Å². The van der Waals surface area contributed by atoms with E-state index >= 15 is 0 Å². The van der Waals surface area contributed by atoms with Crippen molar-refractivity contribution >= 4 is 18.1 Å². The summed E-state index contributed by atoms with van der Waals surface area (Å²) in [6, 6.07) is 8.55. The van der Waals surface area contributed by atoms with Gasteiger partial charge in [-0.25, -0.2) is 0 Å². The molecule has 1 aromatic carbocycles. The SMILES string of the molecule is CCc1ccc(N=CC2=C3C=CC=CC3N=C2)cc1. The van der Waals surface area contributed by atoms with Crippen LogP contribution in [0.2, 0.25) is 0 Å². The molecule has 2 nitrogen and oxygen atoms in total. The first kappa shape index (κ1) is 11.8. The molecule has 1 aliphatic heterocycles. The van der Waals surface area contributed by atoms with Crippen LogP contribution in [0.3, 0.4) is 0 Å². The summed E-state index contributed by atoms with van der Waals surface area (Å²) >= 11 is 0. The van der Waals surface area contributed by atoms with Gasteiger partial charge in [-0.3, -0.25) is 9.98 Å². The monoisotopic (exact) mass is 248 g/mol. The molecule has 94 valence electrons. The fraction of sp³-hybridized carbons (Fsp3) is 0.176. The lowest BCUT2D eigenvalue weighted by molar-refractivity contribution is 1.000. The summed E-state index contributed by atoms with van der Waals surface area (Å²) in [6.07, 6.45) is 13.2. The molecule has 0 fully saturated rings. The summed E-state index contributed by atoms with van der Waals surface area (Å²) < 4.78 is 0. The molecule has 0 N–H and O–H groups in total. The molecular formula is C17H16N2. The van der Waals surface area contributed by atoms with Crippen LogP contribution in [0.4, 0.5) is 5.69 Å². The number of hydrogen-bond acceptors (Lipinski definition) is 2. The van der Waals surface area contributed by atoms with E-state index in [1.54, 1.807) is 0 Å². The van der Waals surface area contributed by atoms with E-state index in [1.807, 2.05) is 24.6 Å². The van der Waals surface area contributed by atoms with Crippen molar-refractivity contribution in [1.29, 1.82) is 0 Å². The number of aryl methyl sites for hydroxylation is 1. The Kier molecular flexibility index (Phi) is 3.23. The summed E-state index contributed by atoms with van der Waals surface area (Å²) in [7, 11) is 0. The molecule has 0 amide bonds. The lowest BCUT2D eigenvalue weighted by atomic mass is 10.0. The number of hydrogen-bond donors (Lipinski definition) is 0. The summed E-state index contributed by atoms with van der Waals surface area (Å²) in [5.41, 5.74) is 4.66. The molecule has 0 bridgehead atoms. The van der Waals surface area contributed by atoms with Gasteiger partial charge in [0.15, 0.2) is 0 Å². The Hall–Kier alpha value is -2.22. The number of benzene rings is 1. The van der Waals surface area contributed by atoms with E-state index in [1.165, 1.54) is 11.1 Å². The van der Waals surface area contributed by atoms with Gasteiger partial charge in [0.25, 0.3) is 0 Å². The van der Waals surface area contributed by atoms with E-state index < -0.39 is 0 Å². The fourth-order valence-electron chi connectivity index (χ4n) is 2.23. The first-order valence-corrected chi connectivity index (χ1v) is 6.62. The second-order valence-corrected chi connectivity index (χ2v) is 4.66. The molecule has 1 heterocycles. The lowest BCUT2D eigenvalue weighted by Crippen LogP contribution is -2.02. The van der Waals surface area contributed by atoms with Gasteiger partial charge < -0.3 is 0 Å². The molecule has 1 unspecified atom stereocenters. The van der Waals surface area contributed by atoms with Gasteiger partial charge in [-0.05, 0) is 29.7 Å². The highest BCUT2D eigenvalue weighted by atomic mass is 14.8. The van der Waals surface area contributed by atoms with Crippen molar-refractivity contribution in [1.82, 2.24) is 0 Å². The molecule has 0 saturated heterocycles. The van der Waals surface area contributed by atoms with E-state index in [9.17, 15) is 0 Å². The van der Waals surface area contributed by atoms with Crippen molar-refractivity contribution in [2.45, 2.75) is 19.4 Å². The van der Waals surface area contributed by atoms with Crippen molar-refractivity contribution in [2.24, 2.45) is 9.98 Å². The minimum absolute atomic E-state index is 0.189. The number of aliphatic imine (C=N–C) groups is 2. The summed E-state index contributed by atoms with van der Waals surface area (Å²) in [5.74, 6) is 0. The van der Waals surface area contributed by atoms with Gasteiger partial charge in [0, 0.05) is 18.0 Å². The van der Waals surface area contributed by atoms with Crippen LogP contribution in [-0.2, 0) is 6.42 Å². The third-order valence-electron chi connectivity index (χ3n) is 3.40. The summed E-state index contributed by atoms with van der Waals surface area (Å²) in [4.78, 5) is 8.97. The van der Waals surface area contributed by atoms with Crippen molar-refractivity contribution in [2.75, 3.05) is 0 Å². The second kappa shape index (κ2) is 5.19.